The van der Waals surface area contributed by atoms with Gasteiger partial charge in [-0.3, -0.25) is 9.36 Å². The molecule has 0 spiro atoms. The molecule has 0 amide bonds. The van der Waals surface area contributed by atoms with Gasteiger partial charge in [0.1, 0.15) is 6.73 Å². The number of hydrogen-bond acceptors (Lipinski definition) is 4. The molecule has 0 fully saturated rings. The number of halogens is 1. The highest BCUT2D eigenvalue weighted by molar-refractivity contribution is 7.99. The number of aromatic nitrogens is 2. The summed E-state index contributed by atoms with van der Waals surface area (Å²) in [6, 6.07) is 15.1. The Labute approximate surface area is 181 Å². The van der Waals surface area contributed by atoms with Crippen LogP contribution in [0.1, 0.15) is 10.6 Å². The van der Waals surface area contributed by atoms with Crippen LogP contribution in [0.4, 0.5) is 0 Å². The Hall–Kier alpha value is -1.86. The standard InChI is InChI=1S/C22H23ClN2O2SSi/c1-29(2,3)11-10-27-14-25-20(13-26)24-21-16-6-4-5-7-18(16)28-19-9-8-15(23)12-17(19)22(21)25/h4-9,12-13H,10-11,14H2,1-3H3. The Bertz CT molecular complexity index is 1080. The topological polar surface area (TPSA) is 44.1 Å². The van der Waals surface area contributed by atoms with Gasteiger partial charge in [0.15, 0.2) is 12.1 Å². The van der Waals surface area contributed by atoms with Crippen molar-refractivity contribution in [2.24, 2.45) is 0 Å². The normalized spacial score (nSPS) is 12.7. The van der Waals surface area contributed by atoms with Gasteiger partial charge < -0.3 is 4.74 Å². The van der Waals surface area contributed by atoms with Crippen molar-refractivity contribution in [3.05, 3.63) is 53.3 Å². The maximum Gasteiger partial charge on any atom is 0.185 e. The third-order valence-electron chi connectivity index (χ3n) is 4.88. The van der Waals surface area contributed by atoms with Crippen LogP contribution in [0.5, 0.6) is 0 Å². The molecule has 4 rings (SSSR count). The van der Waals surface area contributed by atoms with E-state index in [1.165, 1.54) is 0 Å². The Kier molecular flexibility index (Phi) is 5.71. The lowest BCUT2D eigenvalue weighted by Gasteiger charge is -2.17. The monoisotopic (exact) mass is 442 g/mol. The van der Waals surface area contributed by atoms with Crippen molar-refractivity contribution in [3.8, 4) is 22.5 Å². The first-order valence-electron chi connectivity index (χ1n) is 9.58. The van der Waals surface area contributed by atoms with Gasteiger partial charge in [-0.1, -0.05) is 61.2 Å². The first kappa shape index (κ1) is 20.4. The van der Waals surface area contributed by atoms with Crippen LogP contribution in [0.25, 0.3) is 22.5 Å². The molecule has 0 bridgehead atoms. The lowest BCUT2D eigenvalue weighted by Crippen LogP contribution is -2.22. The summed E-state index contributed by atoms with van der Waals surface area (Å²) in [7, 11) is -1.19. The minimum Gasteiger partial charge on any atom is -0.361 e. The fourth-order valence-corrected chi connectivity index (χ4v) is 5.32. The number of carbonyl (C=O) groups excluding carboxylic acids is 1. The lowest BCUT2D eigenvalue weighted by molar-refractivity contribution is 0.0841. The Balaban J connectivity index is 1.84. The van der Waals surface area contributed by atoms with Crippen LogP contribution in [0.15, 0.2) is 52.3 Å². The second kappa shape index (κ2) is 8.11. The molecule has 0 aliphatic carbocycles. The summed E-state index contributed by atoms with van der Waals surface area (Å²) < 4.78 is 7.88. The van der Waals surface area contributed by atoms with E-state index in [0.717, 1.165) is 44.6 Å². The zero-order valence-corrected chi connectivity index (χ0v) is 19.3. The van der Waals surface area contributed by atoms with Crippen molar-refractivity contribution < 1.29 is 9.53 Å². The maximum atomic E-state index is 11.9. The fraction of sp³-hybridized carbons (Fsp3) is 0.273. The zero-order chi connectivity index (χ0) is 20.6. The molecule has 0 atom stereocenters. The number of benzene rings is 2. The molecule has 150 valence electrons. The van der Waals surface area contributed by atoms with Gasteiger partial charge in [-0.2, -0.15) is 0 Å². The first-order valence-corrected chi connectivity index (χ1v) is 14.5. The largest absolute Gasteiger partial charge is 0.361 e. The second-order valence-corrected chi connectivity index (χ2v) is 15.4. The number of hydrogen-bond donors (Lipinski definition) is 0. The fourth-order valence-electron chi connectivity index (χ4n) is 3.33. The number of ether oxygens (including phenoxy) is 1. The molecule has 0 unspecified atom stereocenters. The van der Waals surface area contributed by atoms with Gasteiger partial charge in [-0.05, 0) is 30.3 Å². The van der Waals surface area contributed by atoms with E-state index < -0.39 is 8.07 Å². The molecule has 0 radical (unpaired) electrons. The summed E-state index contributed by atoms with van der Waals surface area (Å²) in [5.41, 5.74) is 3.67. The lowest BCUT2D eigenvalue weighted by atomic mass is 10.0. The smallest absolute Gasteiger partial charge is 0.185 e. The molecular formula is C22H23ClN2O2SSi. The van der Waals surface area contributed by atoms with Gasteiger partial charge in [0, 0.05) is 40.6 Å². The molecular weight excluding hydrogens is 420 g/mol. The number of aldehydes is 1. The van der Waals surface area contributed by atoms with Crippen molar-refractivity contribution in [1.82, 2.24) is 9.55 Å². The van der Waals surface area contributed by atoms with Crippen LogP contribution in [0.3, 0.4) is 0 Å². The molecule has 2 aromatic carbocycles. The molecule has 4 nitrogen and oxygen atoms in total. The summed E-state index contributed by atoms with van der Waals surface area (Å²) in [4.78, 5) is 18.7. The number of fused-ring (bicyclic) bond motifs is 5. The van der Waals surface area contributed by atoms with Gasteiger partial charge in [0.25, 0.3) is 0 Å². The predicted octanol–water partition coefficient (Wildman–Crippen LogP) is 6.46. The third kappa shape index (κ3) is 4.21. The van der Waals surface area contributed by atoms with Gasteiger partial charge in [0.05, 0.1) is 11.4 Å². The zero-order valence-electron chi connectivity index (χ0n) is 16.7. The SMILES string of the molecule is C[Si](C)(C)CCOCn1c(C=O)nc2c1-c1cc(Cl)ccc1Sc1ccccc1-2. The van der Waals surface area contributed by atoms with Gasteiger partial charge in [-0.25, -0.2) is 4.98 Å². The van der Waals surface area contributed by atoms with Crippen LogP contribution in [0, 0.1) is 0 Å². The van der Waals surface area contributed by atoms with E-state index in [1.54, 1.807) is 11.8 Å². The molecule has 0 saturated carbocycles. The number of rotatable bonds is 6. The highest BCUT2D eigenvalue weighted by Crippen LogP contribution is 2.48. The highest BCUT2D eigenvalue weighted by atomic mass is 35.5. The van der Waals surface area contributed by atoms with Crippen molar-refractivity contribution in [2.75, 3.05) is 6.61 Å². The van der Waals surface area contributed by atoms with Gasteiger partial charge in [0.2, 0.25) is 0 Å². The van der Waals surface area contributed by atoms with E-state index in [1.807, 2.05) is 41.0 Å². The highest BCUT2D eigenvalue weighted by Gasteiger charge is 2.27. The van der Waals surface area contributed by atoms with E-state index >= 15 is 0 Å². The van der Waals surface area contributed by atoms with Gasteiger partial charge in [-0.15, -0.1) is 0 Å². The van der Waals surface area contributed by atoms with Crippen molar-refractivity contribution in [2.45, 2.75) is 42.2 Å². The van der Waals surface area contributed by atoms with Gasteiger partial charge >= 0.3 is 0 Å². The van der Waals surface area contributed by atoms with E-state index in [-0.39, 0.29) is 0 Å². The molecule has 1 aliphatic rings. The summed E-state index contributed by atoms with van der Waals surface area (Å²) in [6.45, 7) is 7.93. The predicted molar refractivity (Wildman–Crippen MR) is 122 cm³/mol. The first-order chi connectivity index (χ1) is 13.9. The van der Waals surface area contributed by atoms with Crippen LogP contribution in [0.2, 0.25) is 30.7 Å². The number of nitrogens with zero attached hydrogens (tertiary/aromatic N) is 2. The summed E-state index contributed by atoms with van der Waals surface area (Å²) in [5, 5.41) is 0.654. The molecule has 7 heteroatoms. The Morgan fingerprint density at radius 2 is 1.90 bits per heavy atom. The van der Waals surface area contributed by atoms with Crippen molar-refractivity contribution in [1.29, 1.82) is 0 Å². The molecule has 3 aromatic rings. The molecule has 1 aromatic heterocycles. The molecule has 0 N–H and O–H groups in total. The van der Waals surface area contributed by atoms with E-state index in [9.17, 15) is 4.79 Å². The average molecular weight is 443 g/mol. The molecule has 2 heterocycles. The molecule has 1 aliphatic heterocycles. The Morgan fingerprint density at radius 3 is 2.66 bits per heavy atom. The summed E-state index contributed by atoms with van der Waals surface area (Å²) in [5.74, 6) is 0.371. The number of carbonyl (C=O) groups is 1. The van der Waals surface area contributed by atoms with E-state index in [4.69, 9.17) is 21.3 Å². The van der Waals surface area contributed by atoms with Crippen LogP contribution in [-0.4, -0.2) is 30.5 Å². The summed E-state index contributed by atoms with van der Waals surface area (Å²) in [6.07, 6.45) is 0.802. The van der Waals surface area contributed by atoms with Crippen LogP contribution in [-0.2, 0) is 11.5 Å². The quantitative estimate of drug-likeness (QED) is 0.195. The van der Waals surface area contributed by atoms with E-state index in [2.05, 4.69) is 25.7 Å². The minimum absolute atomic E-state index is 0.291. The van der Waals surface area contributed by atoms with Crippen LogP contribution >= 0.6 is 23.4 Å². The molecule has 0 saturated heterocycles. The van der Waals surface area contributed by atoms with Crippen molar-refractivity contribution in [3.63, 3.8) is 0 Å². The van der Waals surface area contributed by atoms with E-state index in [0.29, 0.717) is 24.2 Å². The minimum atomic E-state index is -1.19. The Morgan fingerprint density at radius 1 is 1.14 bits per heavy atom. The second-order valence-electron chi connectivity index (χ2n) is 8.30. The number of imidazole rings is 1. The molecule has 29 heavy (non-hydrogen) atoms. The van der Waals surface area contributed by atoms with Crippen molar-refractivity contribution >= 4 is 37.7 Å². The average Bonchev–Trinajstić information content (AvgIpc) is 2.98. The maximum absolute atomic E-state index is 11.9. The third-order valence-corrected chi connectivity index (χ3v) is 7.97. The van der Waals surface area contributed by atoms with Crippen LogP contribution < -0.4 is 0 Å². The summed E-state index contributed by atoms with van der Waals surface area (Å²) >= 11 is 8.03.